The Bertz CT molecular complexity index is 1590. The molecule has 0 N–H and O–H groups in total. The number of hydrogen-bond donors (Lipinski definition) is 0. The summed E-state index contributed by atoms with van der Waals surface area (Å²) in [6.45, 7) is 5.23. The van der Waals surface area contributed by atoms with Gasteiger partial charge in [0.05, 0.1) is 27.8 Å². The van der Waals surface area contributed by atoms with Crippen molar-refractivity contribution in [1.29, 1.82) is 0 Å². The van der Waals surface area contributed by atoms with E-state index in [-0.39, 0.29) is 5.75 Å². The Hall–Kier alpha value is -4.06. The number of pyridine rings is 1. The fraction of sp³-hybridized carbons (Fsp3) is 0.167. The zero-order valence-electron chi connectivity index (χ0n) is 20.1. The summed E-state index contributed by atoms with van der Waals surface area (Å²) in [5, 5.41) is 1.75. The van der Waals surface area contributed by atoms with Gasteiger partial charge in [-0.2, -0.15) is 13.2 Å². The molecule has 0 radical (unpaired) electrons. The van der Waals surface area contributed by atoms with Gasteiger partial charge in [0.1, 0.15) is 0 Å². The minimum Gasteiger partial charge on any atom is -0.423 e. The average Bonchev–Trinajstić information content (AvgIpc) is 3.18. The molecule has 0 atom stereocenters. The van der Waals surface area contributed by atoms with Gasteiger partial charge >= 0.3 is 12.1 Å². The van der Waals surface area contributed by atoms with Crippen LogP contribution in [0.5, 0.6) is 5.75 Å². The third kappa shape index (κ3) is 4.13. The lowest BCUT2D eigenvalue weighted by molar-refractivity contribution is -0.143. The van der Waals surface area contributed by atoms with E-state index in [0.29, 0.717) is 22.3 Å². The Morgan fingerprint density at radius 1 is 0.806 bits per heavy atom. The van der Waals surface area contributed by atoms with E-state index >= 15 is 0 Å². The highest BCUT2D eigenvalue weighted by molar-refractivity contribution is 6.07. The predicted molar refractivity (Wildman–Crippen MR) is 136 cm³/mol. The van der Waals surface area contributed by atoms with Crippen LogP contribution in [0.3, 0.4) is 0 Å². The van der Waals surface area contributed by atoms with Crippen molar-refractivity contribution in [3.05, 3.63) is 96.7 Å². The van der Waals surface area contributed by atoms with Gasteiger partial charge in [-0.15, -0.1) is 0 Å². The number of rotatable bonds is 3. The van der Waals surface area contributed by atoms with Crippen molar-refractivity contribution in [2.75, 3.05) is 0 Å². The molecule has 2 heterocycles. The Balaban J connectivity index is 1.95. The molecule has 0 spiro atoms. The van der Waals surface area contributed by atoms with Gasteiger partial charge in [-0.05, 0) is 55.5 Å². The molecular formula is C30H24F3NO2. The van der Waals surface area contributed by atoms with Crippen molar-refractivity contribution in [3.63, 3.8) is 0 Å². The molecule has 3 nitrogen and oxygen atoms in total. The summed E-state index contributed by atoms with van der Waals surface area (Å²) in [5.41, 5.74) is 1.20. The number of halogens is 3. The van der Waals surface area contributed by atoms with Crippen LogP contribution in [0.1, 0.15) is 26.3 Å². The van der Waals surface area contributed by atoms with E-state index in [4.69, 9.17) is 4.74 Å². The van der Waals surface area contributed by atoms with E-state index in [1.54, 1.807) is 26.8 Å². The number of hydrogen-bond acceptors (Lipinski definition) is 2. The Morgan fingerprint density at radius 3 is 2.17 bits per heavy atom. The van der Waals surface area contributed by atoms with Gasteiger partial charge in [-0.1, -0.05) is 66.7 Å². The second kappa shape index (κ2) is 8.55. The summed E-state index contributed by atoms with van der Waals surface area (Å²) < 4.78 is 49.1. The molecule has 36 heavy (non-hydrogen) atoms. The minimum atomic E-state index is -4.52. The average molecular weight is 488 g/mol. The van der Waals surface area contributed by atoms with Crippen LogP contribution >= 0.6 is 0 Å². The van der Waals surface area contributed by atoms with Gasteiger partial charge in [0.25, 0.3) is 0 Å². The first-order valence-corrected chi connectivity index (χ1v) is 11.6. The van der Waals surface area contributed by atoms with Crippen molar-refractivity contribution < 1.29 is 22.7 Å². The number of carbonyl (C=O) groups excluding carboxylic acids is 1. The molecule has 0 aliphatic carbocycles. The molecule has 0 aliphatic heterocycles. The smallest absolute Gasteiger partial charge is 0.416 e. The number of nitrogens with zero attached hydrogens (tertiary/aromatic N) is 1. The molecule has 0 bridgehead atoms. The van der Waals surface area contributed by atoms with E-state index in [1.807, 2.05) is 71.3 Å². The van der Waals surface area contributed by atoms with Crippen LogP contribution in [0.15, 0.2) is 91.1 Å². The molecule has 182 valence electrons. The first-order valence-electron chi connectivity index (χ1n) is 11.6. The quantitative estimate of drug-likeness (QED) is 0.239. The van der Waals surface area contributed by atoms with E-state index < -0.39 is 23.1 Å². The van der Waals surface area contributed by atoms with Crippen LogP contribution in [0, 0.1) is 5.41 Å². The summed E-state index contributed by atoms with van der Waals surface area (Å²) in [5.74, 6) is -0.235. The monoisotopic (exact) mass is 487 g/mol. The minimum absolute atomic E-state index is 0.241. The summed E-state index contributed by atoms with van der Waals surface area (Å²) in [6, 6.07) is 24.1. The second-order valence-electron chi connectivity index (χ2n) is 9.76. The van der Waals surface area contributed by atoms with Crippen molar-refractivity contribution in [2.24, 2.45) is 5.41 Å². The lowest BCUT2D eigenvalue weighted by Crippen LogP contribution is -2.25. The zero-order chi connectivity index (χ0) is 25.7. The van der Waals surface area contributed by atoms with Crippen LogP contribution in [-0.2, 0) is 11.0 Å². The zero-order valence-corrected chi connectivity index (χ0v) is 20.1. The molecule has 0 amide bonds. The molecule has 5 rings (SSSR count). The molecule has 0 fully saturated rings. The largest absolute Gasteiger partial charge is 0.423 e. The van der Waals surface area contributed by atoms with Gasteiger partial charge in [-0.25, -0.2) is 0 Å². The van der Waals surface area contributed by atoms with E-state index in [1.165, 1.54) is 6.07 Å². The maximum atomic E-state index is 13.7. The molecule has 5 aromatic rings. The number of ether oxygens (including phenoxy) is 1. The number of alkyl halides is 3. The molecule has 0 aliphatic rings. The highest BCUT2D eigenvalue weighted by atomic mass is 19.4. The maximum Gasteiger partial charge on any atom is 0.416 e. The van der Waals surface area contributed by atoms with Gasteiger partial charge in [0.2, 0.25) is 0 Å². The number of benzene rings is 3. The van der Waals surface area contributed by atoms with Crippen molar-refractivity contribution in [2.45, 2.75) is 26.9 Å². The molecule has 3 aromatic carbocycles. The Morgan fingerprint density at radius 2 is 1.47 bits per heavy atom. The third-order valence-electron chi connectivity index (χ3n) is 6.11. The molecule has 6 heteroatoms. The lowest BCUT2D eigenvalue weighted by Gasteiger charge is -2.18. The van der Waals surface area contributed by atoms with E-state index in [9.17, 15) is 18.0 Å². The highest BCUT2D eigenvalue weighted by Crippen LogP contribution is 2.48. The Labute approximate surface area is 206 Å². The number of carbonyl (C=O) groups is 1. The molecule has 0 saturated heterocycles. The maximum absolute atomic E-state index is 13.7. The normalized spacial score (nSPS) is 12.3. The topological polar surface area (TPSA) is 30.7 Å². The lowest BCUT2D eigenvalue weighted by atomic mass is 9.96. The number of fused-ring (bicyclic) bond motifs is 3. The van der Waals surface area contributed by atoms with Gasteiger partial charge in [0, 0.05) is 11.6 Å². The van der Waals surface area contributed by atoms with E-state index in [0.717, 1.165) is 28.5 Å². The van der Waals surface area contributed by atoms with Gasteiger partial charge in [0.15, 0.2) is 5.75 Å². The van der Waals surface area contributed by atoms with Crippen LogP contribution in [0.2, 0.25) is 0 Å². The first kappa shape index (κ1) is 23.7. The van der Waals surface area contributed by atoms with E-state index in [2.05, 4.69) is 0 Å². The molecule has 2 aromatic heterocycles. The van der Waals surface area contributed by atoms with Crippen molar-refractivity contribution >= 4 is 22.3 Å². The van der Waals surface area contributed by atoms with Crippen LogP contribution in [0.25, 0.3) is 38.7 Å². The summed E-state index contributed by atoms with van der Waals surface area (Å²) in [7, 11) is 0. The number of esters is 1. The number of aromatic nitrogens is 1. The summed E-state index contributed by atoms with van der Waals surface area (Å²) in [4.78, 5) is 13.2. The molecular weight excluding hydrogens is 463 g/mol. The molecule has 0 saturated carbocycles. The summed E-state index contributed by atoms with van der Waals surface area (Å²) >= 11 is 0. The van der Waals surface area contributed by atoms with Gasteiger partial charge in [-0.3, -0.25) is 4.79 Å². The molecule has 0 unspecified atom stereocenters. The second-order valence-corrected chi connectivity index (χ2v) is 9.76. The fourth-order valence-corrected chi connectivity index (χ4v) is 4.33. The highest BCUT2D eigenvalue weighted by Gasteiger charge is 2.33. The Kier molecular flexibility index (Phi) is 5.62. The third-order valence-corrected chi connectivity index (χ3v) is 6.11. The fourth-order valence-electron chi connectivity index (χ4n) is 4.33. The van der Waals surface area contributed by atoms with Gasteiger partial charge < -0.3 is 9.14 Å². The van der Waals surface area contributed by atoms with Crippen molar-refractivity contribution in [3.8, 4) is 28.1 Å². The SMILES string of the molecule is CC(C)(C)C(=O)Oc1c(-c2cccc(C(F)(F)F)c2)c(-c2ccccc2)n2ccc3ccccc3c12. The van der Waals surface area contributed by atoms with Crippen LogP contribution in [0.4, 0.5) is 13.2 Å². The first-order chi connectivity index (χ1) is 17.1. The van der Waals surface area contributed by atoms with Crippen molar-refractivity contribution in [1.82, 2.24) is 4.40 Å². The van der Waals surface area contributed by atoms with Crippen LogP contribution in [-0.4, -0.2) is 10.4 Å². The van der Waals surface area contributed by atoms with Crippen LogP contribution < -0.4 is 4.74 Å². The standard InChI is InChI=1S/C30H24F3NO2/c1-29(2,3)28(35)36-27-24(21-13-9-14-22(18-21)30(31,32)33)25(20-11-5-4-6-12-20)34-17-16-19-10-7-8-15-23(19)26(27)34/h4-18H,1-3H3. The predicted octanol–water partition coefficient (Wildman–Crippen LogP) is 8.40. The summed E-state index contributed by atoms with van der Waals surface area (Å²) in [6.07, 6.45) is -2.65.